The summed E-state index contributed by atoms with van der Waals surface area (Å²) in [6.45, 7) is 2.25. The van der Waals surface area contributed by atoms with E-state index in [0.29, 0.717) is 0 Å². The van der Waals surface area contributed by atoms with Gasteiger partial charge in [-0.2, -0.15) is 0 Å². The predicted octanol–water partition coefficient (Wildman–Crippen LogP) is 4.55. The number of allylic oxidation sites excluding steroid dienone is 4. The number of rotatable bonds is 14. The summed E-state index contributed by atoms with van der Waals surface area (Å²) in [5.41, 5.74) is 0. The molecule has 0 unspecified atom stereocenters. The molecule has 0 saturated heterocycles. The van der Waals surface area contributed by atoms with Crippen LogP contribution >= 0.6 is 0 Å². The SMILES string of the molecule is CCCCCCCC/C=C/C/C=C/CCCCC(=O)[O-]. The van der Waals surface area contributed by atoms with Crippen molar-refractivity contribution in [3.63, 3.8) is 0 Å². The molecule has 0 aliphatic rings. The fourth-order valence-corrected chi connectivity index (χ4v) is 2.08. The van der Waals surface area contributed by atoms with Gasteiger partial charge in [-0.05, 0) is 44.9 Å². The first-order valence-corrected chi connectivity index (χ1v) is 8.27. The molecule has 0 N–H and O–H groups in total. The van der Waals surface area contributed by atoms with E-state index in [-0.39, 0.29) is 6.42 Å². The fraction of sp³-hybridized carbons (Fsp3) is 0.722. The molecule has 0 amide bonds. The Labute approximate surface area is 125 Å². The first kappa shape index (κ1) is 18.9. The Morgan fingerprint density at radius 3 is 1.95 bits per heavy atom. The summed E-state index contributed by atoms with van der Waals surface area (Å²) < 4.78 is 0. The van der Waals surface area contributed by atoms with Crippen LogP contribution < -0.4 is 5.11 Å². The lowest BCUT2D eigenvalue weighted by molar-refractivity contribution is -0.305. The molecule has 0 spiro atoms. The minimum absolute atomic E-state index is 0.187. The van der Waals surface area contributed by atoms with Crippen LogP contribution in [0.2, 0.25) is 0 Å². The van der Waals surface area contributed by atoms with Gasteiger partial charge in [0.25, 0.3) is 0 Å². The van der Waals surface area contributed by atoms with Crippen molar-refractivity contribution < 1.29 is 9.90 Å². The van der Waals surface area contributed by atoms with E-state index in [9.17, 15) is 9.90 Å². The maximum Gasteiger partial charge on any atom is 0.0414 e. The largest absolute Gasteiger partial charge is 0.550 e. The molecule has 2 heteroatoms. The predicted molar refractivity (Wildman–Crippen MR) is 84.4 cm³/mol. The summed E-state index contributed by atoms with van der Waals surface area (Å²) in [6.07, 6.45) is 22.0. The third-order valence-corrected chi connectivity index (χ3v) is 3.33. The molecular weight excluding hydrogens is 248 g/mol. The normalized spacial score (nSPS) is 11.7. The van der Waals surface area contributed by atoms with Gasteiger partial charge in [0.05, 0.1) is 0 Å². The zero-order valence-corrected chi connectivity index (χ0v) is 13.1. The maximum absolute atomic E-state index is 10.2. The van der Waals surface area contributed by atoms with Crippen LogP contribution in [0.4, 0.5) is 0 Å². The topological polar surface area (TPSA) is 40.1 Å². The van der Waals surface area contributed by atoms with E-state index in [1.807, 2.05) is 0 Å². The van der Waals surface area contributed by atoms with Crippen molar-refractivity contribution in [2.24, 2.45) is 0 Å². The summed E-state index contributed by atoms with van der Waals surface area (Å²) in [7, 11) is 0. The molecule has 0 bridgehead atoms. The molecule has 0 heterocycles. The van der Waals surface area contributed by atoms with Crippen LogP contribution in [0.25, 0.3) is 0 Å². The zero-order valence-electron chi connectivity index (χ0n) is 13.1. The van der Waals surface area contributed by atoms with Gasteiger partial charge in [-0.25, -0.2) is 0 Å². The van der Waals surface area contributed by atoms with Crippen LogP contribution in [0.3, 0.4) is 0 Å². The van der Waals surface area contributed by atoms with E-state index < -0.39 is 5.97 Å². The number of unbranched alkanes of at least 4 members (excludes halogenated alkanes) is 8. The molecule has 0 saturated carbocycles. The van der Waals surface area contributed by atoms with Gasteiger partial charge in [-0.3, -0.25) is 0 Å². The van der Waals surface area contributed by atoms with Crippen LogP contribution in [0.1, 0.15) is 84.0 Å². The monoisotopic (exact) mass is 279 g/mol. The highest BCUT2D eigenvalue weighted by Gasteiger charge is 1.88. The van der Waals surface area contributed by atoms with Crippen LogP contribution in [0.5, 0.6) is 0 Å². The number of carbonyl (C=O) groups is 1. The Kier molecular flexibility index (Phi) is 15.2. The molecule has 0 atom stereocenters. The van der Waals surface area contributed by atoms with E-state index in [1.54, 1.807) is 0 Å². The van der Waals surface area contributed by atoms with E-state index in [2.05, 4.69) is 31.2 Å². The molecule has 0 aliphatic heterocycles. The van der Waals surface area contributed by atoms with E-state index in [0.717, 1.165) is 25.7 Å². The third kappa shape index (κ3) is 16.9. The van der Waals surface area contributed by atoms with Gasteiger partial charge < -0.3 is 9.90 Å². The average Bonchev–Trinajstić information content (AvgIpc) is 2.43. The second-order valence-electron chi connectivity index (χ2n) is 5.35. The molecule has 0 fully saturated rings. The number of hydrogen-bond acceptors (Lipinski definition) is 2. The number of carboxylic acids is 1. The van der Waals surface area contributed by atoms with Crippen molar-refractivity contribution in [2.45, 2.75) is 84.0 Å². The quantitative estimate of drug-likeness (QED) is 0.346. The number of aliphatic carboxylic acids is 1. The summed E-state index contributed by atoms with van der Waals surface area (Å²) in [6, 6.07) is 0. The van der Waals surface area contributed by atoms with Gasteiger partial charge in [-0.15, -0.1) is 0 Å². The van der Waals surface area contributed by atoms with Gasteiger partial charge in [0.2, 0.25) is 0 Å². The second-order valence-corrected chi connectivity index (χ2v) is 5.35. The van der Waals surface area contributed by atoms with Gasteiger partial charge in [-0.1, -0.05) is 63.3 Å². The van der Waals surface area contributed by atoms with E-state index in [4.69, 9.17) is 0 Å². The average molecular weight is 279 g/mol. The summed E-state index contributed by atoms with van der Waals surface area (Å²) in [4.78, 5) is 10.2. The maximum atomic E-state index is 10.2. The van der Waals surface area contributed by atoms with E-state index in [1.165, 1.54) is 44.9 Å². The fourth-order valence-electron chi connectivity index (χ4n) is 2.08. The molecular formula is C18H31O2-. The Balaban J connectivity index is 3.20. The summed E-state index contributed by atoms with van der Waals surface area (Å²) in [5.74, 6) is -0.938. The summed E-state index contributed by atoms with van der Waals surface area (Å²) in [5, 5.41) is 10.2. The Morgan fingerprint density at radius 2 is 1.35 bits per heavy atom. The first-order valence-electron chi connectivity index (χ1n) is 8.27. The second kappa shape index (κ2) is 16.0. The molecule has 20 heavy (non-hydrogen) atoms. The molecule has 0 aliphatic carbocycles. The molecule has 2 nitrogen and oxygen atoms in total. The highest BCUT2D eigenvalue weighted by Crippen LogP contribution is 2.07. The molecule has 0 rings (SSSR count). The summed E-state index contributed by atoms with van der Waals surface area (Å²) >= 11 is 0. The van der Waals surface area contributed by atoms with Crippen molar-refractivity contribution >= 4 is 5.97 Å². The lowest BCUT2D eigenvalue weighted by Gasteiger charge is -1.98. The Hall–Kier alpha value is -1.05. The van der Waals surface area contributed by atoms with Gasteiger partial charge in [0, 0.05) is 5.97 Å². The smallest absolute Gasteiger partial charge is 0.0414 e. The lowest BCUT2D eigenvalue weighted by atomic mass is 10.1. The highest BCUT2D eigenvalue weighted by atomic mass is 16.4. The zero-order chi connectivity index (χ0) is 14.9. The minimum atomic E-state index is -0.938. The van der Waals surface area contributed by atoms with Crippen molar-refractivity contribution in [3.05, 3.63) is 24.3 Å². The van der Waals surface area contributed by atoms with Gasteiger partial charge in [0.15, 0.2) is 0 Å². The number of carboxylic acid groups (broad SMARTS) is 1. The highest BCUT2D eigenvalue weighted by molar-refractivity contribution is 5.64. The molecule has 0 radical (unpaired) electrons. The van der Waals surface area contributed by atoms with Crippen LogP contribution in [0.15, 0.2) is 24.3 Å². The van der Waals surface area contributed by atoms with E-state index >= 15 is 0 Å². The Bertz CT molecular complexity index is 267. The first-order chi connectivity index (χ1) is 9.77. The molecule has 0 aromatic rings. The third-order valence-electron chi connectivity index (χ3n) is 3.33. The molecule has 116 valence electrons. The number of carbonyl (C=O) groups excluding carboxylic acids is 1. The molecule has 0 aromatic heterocycles. The Morgan fingerprint density at radius 1 is 0.800 bits per heavy atom. The standard InChI is InChI=1S/C18H32O2/c1-2-3-4-5-6-7-8-9-10-11-12-13-14-15-16-17-18(19)20/h9-10,12-13H,2-8,11,14-17H2,1H3,(H,19,20)/p-1/b10-9+,13-12+. The minimum Gasteiger partial charge on any atom is -0.550 e. The van der Waals surface area contributed by atoms with Crippen molar-refractivity contribution in [3.8, 4) is 0 Å². The van der Waals surface area contributed by atoms with Gasteiger partial charge >= 0.3 is 0 Å². The van der Waals surface area contributed by atoms with Crippen LogP contribution in [-0.4, -0.2) is 5.97 Å². The van der Waals surface area contributed by atoms with Crippen LogP contribution in [-0.2, 0) is 4.79 Å². The molecule has 0 aromatic carbocycles. The van der Waals surface area contributed by atoms with Crippen LogP contribution in [0, 0.1) is 0 Å². The lowest BCUT2D eigenvalue weighted by Crippen LogP contribution is -2.21. The number of hydrogen-bond donors (Lipinski definition) is 0. The van der Waals surface area contributed by atoms with Gasteiger partial charge in [0.1, 0.15) is 0 Å². The van der Waals surface area contributed by atoms with Crippen molar-refractivity contribution in [1.82, 2.24) is 0 Å². The van der Waals surface area contributed by atoms with Crippen molar-refractivity contribution in [2.75, 3.05) is 0 Å². The van der Waals surface area contributed by atoms with Crippen molar-refractivity contribution in [1.29, 1.82) is 0 Å².